The van der Waals surface area contributed by atoms with Gasteiger partial charge < -0.3 is 0 Å². The van der Waals surface area contributed by atoms with Gasteiger partial charge in [0.05, 0.1) is 0 Å². The Kier molecular flexibility index (Phi) is 2.97. The van der Waals surface area contributed by atoms with Crippen molar-refractivity contribution in [3.8, 4) is 0 Å². The molecule has 1 heteroatoms. The Morgan fingerprint density at radius 1 is 1.00 bits per heavy atom. The Bertz CT molecular complexity index is 554. The largest absolute Gasteiger partial charge is 0.0949 e. The number of benzene rings is 2. The summed E-state index contributed by atoms with van der Waals surface area (Å²) in [6.45, 7) is 4.25. The number of rotatable bonds is 3. The average Bonchev–Trinajstić information content (AvgIpc) is 3.20. The van der Waals surface area contributed by atoms with Crippen molar-refractivity contribution in [2.75, 3.05) is 0 Å². The second kappa shape index (κ2) is 4.62. The minimum absolute atomic E-state index is 0.591. The standard InChI is InChI=1S/C17H15Cl/c1-12(13-5-3-2-4-6-13)16-11-17(16)14-7-9-15(18)10-8-14/h2-10,16-17H,1,11H2/t16-,17-/m1/s1. The van der Waals surface area contributed by atoms with Crippen LogP contribution in [0.2, 0.25) is 5.02 Å². The van der Waals surface area contributed by atoms with Gasteiger partial charge in [-0.25, -0.2) is 0 Å². The zero-order chi connectivity index (χ0) is 12.5. The van der Waals surface area contributed by atoms with Gasteiger partial charge in [0, 0.05) is 5.02 Å². The lowest BCUT2D eigenvalue weighted by molar-refractivity contribution is 1.03. The summed E-state index contributed by atoms with van der Waals surface area (Å²) in [7, 11) is 0. The van der Waals surface area contributed by atoms with Crippen molar-refractivity contribution in [3.05, 3.63) is 77.3 Å². The quantitative estimate of drug-likeness (QED) is 0.710. The van der Waals surface area contributed by atoms with Crippen molar-refractivity contribution in [1.29, 1.82) is 0 Å². The second-order valence-corrected chi connectivity index (χ2v) is 5.33. The summed E-state index contributed by atoms with van der Waals surface area (Å²) in [5.74, 6) is 1.21. The normalized spacial score (nSPS) is 21.6. The summed E-state index contributed by atoms with van der Waals surface area (Å²) in [4.78, 5) is 0. The highest BCUT2D eigenvalue weighted by atomic mass is 35.5. The van der Waals surface area contributed by atoms with Gasteiger partial charge in [-0.15, -0.1) is 0 Å². The zero-order valence-corrected chi connectivity index (χ0v) is 10.9. The molecule has 0 saturated heterocycles. The van der Waals surface area contributed by atoms with E-state index in [0.717, 1.165) is 5.02 Å². The van der Waals surface area contributed by atoms with Gasteiger partial charge in [0.25, 0.3) is 0 Å². The van der Waals surface area contributed by atoms with Gasteiger partial charge in [-0.1, -0.05) is 60.6 Å². The highest BCUT2D eigenvalue weighted by molar-refractivity contribution is 6.30. The molecule has 1 aliphatic rings. The second-order valence-electron chi connectivity index (χ2n) is 4.89. The molecule has 0 heterocycles. The summed E-state index contributed by atoms with van der Waals surface area (Å²) in [5.41, 5.74) is 3.90. The van der Waals surface area contributed by atoms with Gasteiger partial charge in [0.2, 0.25) is 0 Å². The van der Waals surface area contributed by atoms with Crippen LogP contribution in [0.15, 0.2) is 61.2 Å². The molecule has 0 aromatic heterocycles. The van der Waals surface area contributed by atoms with Crippen LogP contribution < -0.4 is 0 Å². The molecular formula is C17H15Cl. The first-order valence-corrected chi connectivity index (χ1v) is 6.63. The maximum Gasteiger partial charge on any atom is 0.0406 e. The molecule has 2 aromatic carbocycles. The van der Waals surface area contributed by atoms with E-state index in [0.29, 0.717) is 11.8 Å². The van der Waals surface area contributed by atoms with E-state index in [4.69, 9.17) is 11.6 Å². The van der Waals surface area contributed by atoms with Gasteiger partial charge in [-0.05, 0) is 47.1 Å². The molecule has 0 nitrogen and oxygen atoms in total. The molecular weight excluding hydrogens is 240 g/mol. The molecule has 0 amide bonds. The molecule has 0 N–H and O–H groups in total. The third-order valence-corrected chi connectivity index (χ3v) is 3.93. The molecule has 1 fully saturated rings. The maximum atomic E-state index is 5.91. The van der Waals surface area contributed by atoms with Crippen molar-refractivity contribution in [2.45, 2.75) is 12.3 Å². The molecule has 90 valence electrons. The maximum absolute atomic E-state index is 5.91. The van der Waals surface area contributed by atoms with E-state index in [1.165, 1.54) is 23.1 Å². The van der Waals surface area contributed by atoms with Crippen molar-refractivity contribution in [1.82, 2.24) is 0 Å². The van der Waals surface area contributed by atoms with Crippen LogP contribution in [0.1, 0.15) is 23.5 Å². The summed E-state index contributed by atoms with van der Waals surface area (Å²) in [6.07, 6.45) is 1.20. The van der Waals surface area contributed by atoms with Crippen LogP contribution in [0.3, 0.4) is 0 Å². The number of hydrogen-bond acceptors (Lipinski definition) is 0. The summed E-state index contributed by atoms with van der Waals surface area (Å²) in [6, 6.07) is 18.7. The zero-order valence-electron chi connectivity index (χ0n) is 10.1. The number of hydrogen-bond donors (Lipinski definition) is 0. The van der Waals surface area contributed by atoms with Crippen LogP contribution in [0, 0.1) is 5.92 Å². The van der Waals surface area contributed by atoms with E-state index in [1.807, 2.05) is 18.2 Å². The number of halogens is 1. The summed E-state index contributed by atoms with van der Waals surface area (Å²) in [5, 5.41) is 0.804. The van der Waals surface area contributed by atoms with Gasteiger partial charge in [-0.3, -0.25) is 0 Å². The van der Waals surface area contributed by atoms with E-state index in [2.05, 4.69) is 43.0 Å². The molecule has 0 unspecified atom stereocenters. The Balaban J connectivity index is 1.75. The van der Waals surface area contributed by atoms with Gasteiger partial charge in [0.1, 0.15) is 0 Å². The van der Waals surface area contributed by atoms with Crippen LogP contribution >= 0.6 is 11.6 Å². The first-order valence-electron chi connectivity index (χ1n) is 6.25. The Morgan fingerprint density at radius 2 is 1.67 bits per heavy atom. The molecule has 1 saturated carbocycles. The summed E-state index contributed by atoms with van der Waals surface area (Å²) < 4.78 is 0. The van der Waals surface area contributed by atoms with E-state index in [-0.39, 0.29) is 0 Å². The van der Waals surface area contributed by atoms with Crippen LogP contribution in [0.25, 0.3) is 5.57 Å². The predicted octanol–water partition coefficient (Wildman–Crippen LogP) is 5.16. The van der Waals surface area contributed by atoms with E-state index >= 15 is 0 Å². The van der Waals surface area contributed by atoms with Crippen LogP contribution in [0.4, 0.5) is 0 Å². The molecule has 0 aliphatic heterocycles. The minimum atomic E-state index is 0.591. The monoisotopic (exact) mass is 254 g/mol. The third kappa shape index (κ3) is 2.21. The Labute approximate surface area is 113 Å². The van der Waals surface area contributed by atoms with Gasteiger partial charge >= 0.3 is 0 Å². The number of allylic oxidation sites excluding steroid dienone is 1. The van der Waals surface area contributed by atoms with Crippen LogP contribution in [0.5, 0.6) is 0 Å². The predicted molar refractivity (Wildman–Crippen MR) is 77.8 cm³/mol. The van der Waals surface area contributed by atoms with Crippen molar-refractivity contribution >= 4 is 17.2 Å². The first kappa shape index (κ1) is 11.6. The van der Waals surface area contributed by atoms with Crippen molar-refractivity contribution in [2.24, 2.45) is 5.92 Å². The highest BCUT2D eigenvalue weighted by Crippen LogP contribution is 2.54. The highest BCUT2D eigenvalue weighted by Gasteiger charge is 2.40. The molecule has 1 aliphatic carbocycles. The summed E-state index contributed by atoms with van der Waals surface area (Å²) >= 11 is 5.91. The Hall–Kier alpha value is -1.53. The molecule has 2 atom stereocenters. The van der Waals surface area contributed by atoms with Gasteiger partial charge in [-0.2, -0.15) is 0 Å². The van der Waals surface area contributed by atoms with Crippen LogP contribution in [-0.4, -0.2) is 0 Å². The lowest BCUT2D eigenvalue weighted by atomic mass is 10.00. The first-order chi connectivity index (χ1) is 8.75. The topological polar surface area (TPSA) is 0 Å². The lowest BCUT2D eigenvalue weighted by Gasteiger charge is -2.05. The third-order valence-electron chi connectivity index (χ3n) is 3.68. The van der Waals surface area contributed by atoms with E-state index in [1.54, 1.807) is 0 Å². The molecule has 3 rings (SSSR count). The fourth-order valence-corrected chi connectivity index (χ4v) is 2.65. The molecule has 0 spiro atoms. The van der Waals surface area contributed by atoms with Crippen LogP contribution in [-0.2, 0) is 0 Å². The molecule has 18 heavy (non-hydrogen) atoms. The van der Waals surface area contributed by atoms with Crippen molar-refractivity contribution < 1.29 is 0 Å². The molecule has 0 bridgehead atoms. The Morgan fingerprint density at radius 3 is 2.33 bits per heavy atom. The average molecular weight is 255 g/mol. The smallest absolute Gasteiger partial charge is 0.0406 e. The van der Waals surface area contributed by atoms with E-state index < -0.39 is 0 Å². The molecule has 2 aromatic rings. The van der Waals surface area contributed by atoms with Gasteiger partial charge in [0.15, 0.2) is 0 Å². The van der Waals surface area contributed by atoms with E-state index in [9.17, 15) is 0 Å². The lowest BCUT2D eigenvalue weighted by Crippen LogP contribution is -1.88. The fourth-order valence-electron chi connectivity index (χ4n) is 2.52. The van der Waals surface area contributed by atoms with Crippen molar-refractivity contribution in [3.63, 3.8) is 0 Å². The minimum Gasteiger partial charge on any atom is -0.0949 e. The molecule has 0 radical (unpaired) electrons. The SMILES string of the molecule is C=C(c1ccccc1)[C@H]1C[C@@H]1c1ccc(Cl)cc1. The fraction of sp³-hybridized carbons (Fsp3) is 0.176.